The van der Waals surface area contributed by atoms with E-state index < -0.39 is 5.63 Å². The van der Waals surface area contributed by atoms with Crippen molar-refractivity contribution in [2.75, 3.05) is 0 Å². The molecule has 19 heavy (non-hydrogen) atoms. The Morgan fingerprint density at radius 1 is 0.895 bits per heavy atom. The molecule has 0 amide bonds. The summed E-state index contributed by atoms with van der Waals surface area (Å²) in [5.74, 6) is 0. The van der Waals surface area contributed by atoms with Crippen molar-refractivity contribution < 1.29 is 8.83 Å². The lowest BCUT2D eigenvalue weighted by molar-refractivity contribution is 0.567. The highest BCUT2D eigenvalue weighted by Crippen LogP contribution is 2.34. The van der Waals surface area contributed by atoms with E-state index in [0.29, 0.717) is 27.0 Å². The molecule has 0 bridgehead atoms. The zero-order valence-electron chi connectivity index (χ0n) is 9.64. The molecule has 4 heteroatoms. The van der Waals surface area contributed by atoms with Crippen LogP contribution in [0.25, 0.3) is 32.7 Å². The molecule has 3 nitrogen and oxygen atoms in total. The SMILES string of the molecule is O=c1oc2c3ccccc3c(Cl)cc2c2occc12. The maximum Gasteiger partial charge on any atom is 0.347 e. The van der Waals surface area contributed by atoms with Crippen LogP contribution in [0.1, 0.15) is 0 Å². The Labute approximate surface area is 112 Å². The minimum absolute atomic E-state index is 0.399. The van der Waals surface area contributed by atoms with Gasteiger partial charge < -0.3 is 8.83 Å². The molecular weight excluding hydrogens is 264 g/mol. The standard InChI is InChI=1S/C15H7ClO3/c16-12-7-11-13-10(5-6-18-13)15(17)19-14(11)9-4-2-1-3-8(9)12/h1-7H. The molecule has 92 valence electrons. The topological polar surface area (TPSA) is 43.4 Å². The molecule has 2 aromatic carbocycles. The summed E-state index contributed by atoms with van der Waals surface area (Å²) in [5, 5.41) is 3.41. The smallest absolute Gasteiger partial charge is 0.347 e. The maximum atomic E-state index is 11.9. The number of hydrogen-bond acceptors (Lipinski definition) is 3. The highest BCUT2D eigenvalue weighted by Gasteiger charge is 2.14. The number of fused-ring (bicyclic) bond motifs is 5. The molecule has 0 aliphatic heterocycles. The monoisotopic (exact) mass is 270 g/mol. The Morgan fingerprint density at radius 2 is 1.68 bits per heavy atom. The van der Waals surface area contributed by atoms with Crippen LogP contribution in [0.4, 0.5) is 0 Å². The first kappa shape index (κ1) is 10.6. The summed E-state index contributed by atoms with van der Waals surface area (Å²) in [4.78, 5) is 11.9. The highest BCUT2D eigenvalue weighted by atomic mass is 35.5. The van der Waals surface area contributed by atoms with E-state index in [1.807, 2.05) is 24.3 Å². The second-order valence-corrected chi connectivity index (χ2v) is 4.74. The van der Waals surface area contributed by atoms with E-state index >= 15 is 0 Å². The predicted molar refractivity (Wildman–Crippen MR) is 74.8 cm³/mol. The lowest BCUT2D eigenvalue weighted by atomic mass is 10.1. The van der Waals surface area contributed by atoms with E-state index in [9.17, 15) is 4.79 Å². The maximum absolute atomic E-state index is 11.9. The lowest BCUT2D eigenvalue weighted by Crippen LogP contribution is -1.98. The Bertz CT molecular complexity index is 995. The second kappa shape index (κ2) is 3.62. The van der Waals surface area contributed by atoms with Crippen LogP contribution in [-0.4, -0.2) is 0 Å². The summed E-state index contributed by atoms with van der Waals surface area (Å²) in [7, 11) is 0. The lowest BCUT2D eigenvalue weighted by Gasteiger charge is -2.04. The van der Waals surface area contributed by atoms with E-state index in [-0.39, 0.29) is 0 Å². The number of furan rings is 1. The van der Waals surface area contributed by atoms with E-state index in [4.69, 9.17) is 20.4 Å². The van der Waals surface area contributed by atoms with Gasteiger partial charge in [-0.15, -0.1) is 0 Å². The van der Waals surface area contributed by atoms with Gasteiger partial charge in [0.25, 0.3) is 0 Å². The molecule has 0 saturated heterocycles. The highest BCUT2D eigenvalue weighted by molar-refractivity contribution is 6.37. The molecule has 4 aromatic rings. The van der Waals surface area contributed by atoms with Gasteiger partial charge in [-0.25, -0.2) is 4.79 Å². The zero-order chi connectivity index (χ0) is 13.0. The van der Waals surface area contributed by atoms with Crippen molar-refractivity contribution in [1.29, 1.82) is 0 Å². The van der Waals surface area contributed by atoms with E-state index in [0.717, 1.165) is 10.8 Å². The summed E-state index contributed by atoms with van der Waals surface area (Å²) < 4.78 is 10.8. The molecule has 4 rings (SSSR count). The van der Waals surface area contributed by atoms with Gasteiger partial charge in [-0.05, 0) is 12.1 Å². The van der Waals surface area contributed by atoms with Crippen LogP contribution in [0.15, 0.2) is 56.3 Å². The number of hydrogen-bond donors (Lipinski definition) is 0. The average Bonchev–Trinajstić information content (AvgIpc) is 2.91. The van der Waals surface area contributed by atoms with Crippen LogP contribution in [0.2, 0.25) is 5.02 Å². The average molecular weight is 271 g/mol. The molecule has 0 fully saturated rings. The van der Waals surface area contributed by atoms with Gasteiger partial charge in [0.05, 0.1) is 11.6 Å². The Morgan fingerprint density at radius 3 is 2.53 bits per heavy atom. The fourth-order valence-electron chi connectivity index (χ4n) is 2.41. The minimum Gasteiger partial charge on any atom is -0.463 e. The molecule has 0 aliphatic rings. The van der Waals surface area contributed by atoms with Crippen LogP contribution in [0.5, 0.6) is 0 Å². The molecule has 0 spiro atoms. The fourth-order valence-corrected chi connectivity index (χ4v) is 2.68. The molecule has 0 saturated carbocycles. The third kappa shape index (κ3) is 1.36. The van der Waals surface area contributed by atoms with E-state index in [2.05, 4.69) is 0 Å². The summed E-state index contributed by atoms with van der Waals surface area (Å²) in [6.07, 6.45) is 1.48. The van der Waals surface area contributed by atoms with Crippen LogP contribution in [0, 0.1) is 0 Å². The van der Waals surface area contributed by atoms with Crippen molar-refractivity contribution in [3.63, 3.8) is 0 Å². The Balaban J connectivity index is 2.42. The molecule has 0 radical (unpaired) electrons. The first-order chi connectivity index (χ1) is 9.25. The molecule has 0 atom stereocenters. The van der Waals surface area contributed by atoms with E-state index in [1.54, 1.807) is 12.1 Å². The van der Waals surface area contributed by atoms with Crippen LogP contribution >= 0.6 is 11.6 Å². The first-order valence-corrected chi connectivity index (χ1v) is 6.15. The van der Waals surface area contributed by atoms with Gasteiger partial charge in [0, 0.05) is 15.8 Å². The van der Waals surface area contributed by atoms with Crippen molar-refractivity contribution >= 4 is 44.3 Å². The molecular formula is C15H7ClO3. The quantitative estimate of drug-likeness (QED) is 0.352. The fraction of sp³-hybridized carbons (Fsp3) is 0. The normalized spacial score (nSPS) is 11.6. The molecule has 2 heterocycles. The van der Waals surface area contributed by atoms with Gasteiger partial charge in [0.15, 0.2) is 5.58 Å². The van der Waals surface area contributed by atoms with Gasteiger partial charge in [-0.1, -0.05) is 35.9 Å². The van der Waals surface area contributed by atoms with Crippen LogP contribution in [0.3, 0.4) is 0 Å². The van der Waals surface area contributed by atoms with Gasteiger partial charge in [0.2, 0.25) is 0 Å². The van der Waals surface area contributed by atoms with Crippen LogP contribution < -0.4 is 5.63 Å². The summed E-state index contributed by atoms with van der Waals surface area (Å²) in [6.45, 7) is 0. The zero-order valence-corrected chi connectivity index (χ0v) is 10.4. The summed E-state index contributed by atoms with van der Waals surface area (Å²) >= 11 is 6.28. The van der Waals surface area contributed by atoms with Crippen LogP contribution in [-0.2, 0) is 0 Å². The number of rotatable bonds is 0. The molecule has 0 aliphatic carbocycles. The van der Waals surface area contributed by atoms with E-state index in [1.165, 1.54) is 6.26 Å². The van der Waals surface area contributed by atoms with Gasteiger partial charge in [-0.3, -0.25) is 0 Å². The third-order valence-corrected chi connectivity index (χ3v) is 3.58. The van der Waals surface area contributed by atoms with Gasteiger partial charge in [0.1, 0.15) is 11.0 Å². The van der Waals surface area contributed by atoms with Gasteiger partial charge >= 0.3 is 5.63 Å². The van der Waals surface area contributed by atoms with Crippen molar-refractivity contribution in [3.8, 4) is 0 Å². The first-order valence-electron chi connectivity index (χ1n) is 5.77. The van der Waals surface area contributed by atoms with Crippen molar-refractivity contribution in [2.24, 2.45) is 0 Å². The minimum atomic E-state index is -0.399. The van der Waals surface area contributed by atoms with Crippen molar-refractivity contribution in [3.05, 3.63) is 58.1 Å². The second-order valence-electron chi connectivity index (χ2n) is 4.33. The summed E-state index contributed by atoms with van der Waals surface area (Å²) in [6, 6.07) is 10.9. The Kier molecular flexibility index (Phi) is 2.03. The Hall–Kier alpha value is -2.26. The van der Waals surface area contributed by atoms with Gasteiger partial charge in [-0.2, -0.15) is 0 Å². The predicted octanol–water partition coefficient (Wildman–Crippen LogP) is 4.35. The molecule has 0 unspecified atom stereocenters. The largest absolute Gasteiger partial charge is 0.463 e. The third-order valence-electron chi connectivity index (χ3n) is 3.27. The number of halogens is 1. The van der Waals surface area contributed by atoms with Crippen molar-refractivity contribution in [2.45, 2.75) is 0 Å². The van der Waals surface area contributed by atoms with Crippen molar-refractivity contribution in [1.82, 2.24) is 0 Å². The number of benzene rings is 2. The summed E-state index contributed by atoms with van der Waals surface area (Å²) in [5.41, 5.74) is 0.620. The molecule has 0 N–H and O–H groups in total. The molecule has 2 aromatic heterocycles.